The number of carbonyl (C=O) groups excluding carboxylic acids is 4. The van der Waals surface area contributed by atoms with Crippen LogP contribution >= 0.6 is 0 Å². The zero-order valence-electron chi connectivity index (χ0n) is 22.3. The molecule has 204 valence electrons. The first kappa shape index (κ1) is 26.0. The minimum Gasteiger partial charge on any atom is -0.462 e. The number of amides is 3. The molecule has 8 nitrogen and oxygen atoms in total. The summed E-state index contributed by atoms with van der Waals surface area (Å²) in [6.45, 7) is 1.72. The number of nitrogens with one attached hydrogen (secondary N) is 1. The van der Waals surface area contributed by atoms with Crippen molar-refractivity contribution in [2.75, 3.05) is 13.2 Å². The molecule has 0 fully saturated rings. The molecule has 0 spiro atoms. The molecule has 2 aliphatic heterocycles. The fraction of sp³-hybridized carbons (Fsp3) is 0.152. The number of imide groups is 1. The van der Waals surface area contributed by atoms with E-state index in [9.17, 15) is 19.2 Å². The van der Waals surface area contributed by atoms with Crippen molar-refractivity contribution in [3.8, 4) is 5.75 Å². The molecule has 6 rings (SSSR count). The molecule has 0 bridgehead atoms. The van der Waals surface area contributed by atoms with E-state index in [0.29, 0.717) is 16.9 Å². The number of esters is 1. The van der Waals surface area contributed by atoms with Crippen molar-refractivity contribution in [1.29, 1.82) is 0 Å². The van der Waals surface area contributed by atoms with Gasteiger partial charge in [-0.1, -0.05) is 72.8 Å². The number of carbonyl (C=O) groups is 4. The summed E-state index contributed by atoms with van der Waals surface area (Å²) in [5, 5.41) is 4.63. The number of benzene rings is 4. The van der Waals surface area contributed by atoms with E-state index < -0.39 is 29.6 Å². The second-order valence-corrected chi connectivity index (χ2v) is 9.71. The molecule has 41 heavy (non-hydrogen) atoms. The highest BCUT2D eigenvalue weighted by Gasteiger charge is 2.39. The highest BCUT2D eigenvalue weighted by atomic mass is 16.5. The number of hydrogen-bond donors (Lipinski definition) is 1. The number of ether oxygens (including phenoxy) is 2. The van der Waals surface area contributed by atoms with Crippen molar-refractivity contribution >= 4 is 34.5 Å². The summed E-state index contributed by atoms with van der Waals surface area (Å²) in [6, 6.07) is 27.6. The van der Waals surface area contributed by atoms with Crippen molar-refractivity contribution in [2.24, 2.45) is 0 Å². The van der Waals surface area contributed by atoms with Crippen molar-refractivity contribution in [1.82, 2.24) is 10.2 Å². The maximum absolute atomic E-state index is 13.5. The van der Waals surface area contributed by atoms with Gasteiger partial charge in [0, 0.05) is 18.5 Å². The maximum atomic E-state index is 13.5. The van der Waals surface area contributed by atoms with Gasteiger partial charge in [0.1, 0.15) is 11.3 Å². The molecule has 1 unspecified atom stereocenters. The lowest BCUT2D eigenvalue weighted by Gasteiger charge is -2.31. The van der Waals surface area contributed by atoms with Gasteiger partial charge < -0.3 is 9.47 Å². The number of fused-ring (bicyclic) bond motifs is 4. The lowest BCUT2D eigenvalue weighted by Crippen LogP contribution is -2.37. The van der Waals surface area contributed by atoms with Crippen LogP contribution in [0, 0.1) is 0 Å². The molecular formula is C33H26N2O6. The summed E-state index contributed by atoms with van der Waals surface area (Å²) >= 11 is 0. The Kier molecular flexibility index (Phi) is 6.81. The zero-order chi connectivity index (χ0) is 28.5. The van der Waals surface area contributed by atoms with Crippen LogP contribution in [0.1, 0.15) is 51.1 Å². The van der Waals surface area contributed by atoms with E-state index in [-0.39, 0.29) is 31.0 Å². The Hall–Kier alpha value is -5.24. The normalized spacial score (nSPS) is 15.8. The van der Waals surface area contributed by atoms with Crippen LogP contribution in [0.15, 0.2) is 102 Å². The maximum Gasteiger partial charge on any atom is 0.340 e. The Balaban J connectivity index is 1.36. The predicted octanol–water partition coefficient (Wildman–Crippen LogP) is 4.94. The van der Waals surface area contributed by atoms with Crippen LogP contribution < -0.4 is 10.1 Å². The van der Waals surface area contributed by atoms with Crippen molar-refractivity contribution in [3.05, 3.63) is 125 Å². The minimum atomic E-state index is -0.615. The third-order valence-electron chi connectivity index (χ3n) is 7.29. The molecule has 8 heteroatoms. The standard InChI is InChI=1S/C33H26N2O6/c1-2-40-33(39)29-27(21-11-4-3-5-12-21)28-22-13-7-6-10-20(22)16-17-25(28)41-30(29)34-26(36)18-19-35-31(37)23-14-8-9-15-24(23)32(35)38/h3-17,27H,2,18-19H2,1H3,(H,34,36). The molecule has 2 heterocycles. The lowest BCUT2D eigenvalue weighted by molar-refractivity contribution is -0.139. The third-order valence-corrected chi connectivity index (χ3v) is 7.29. The van der Waals surface area contributed by atoms with Gasteiger partial charge in [0.25, 0.3) is 11.8 Å². The van der Waals surface area contributed by atoms with Crippen LogP contribution in [-0.4, -0.2) is 41.7 Å². The van der Waals surface area contributed by atoms with Gasteiger partial charge in [0.05, 0.1) is 23.7 Å². The second kappa shape index (κ2) is 10.7. The van der Waals surface area contributed by atoms with Gasteiger partial charge in [0.15, 0.2) is 0 Å². The van der Waals surface area contributed by atoms with Crippen molar-refractivity contribution < 1.29 is 28.7 Å². The van der Waals surface area contributed by atoms with E-state index in [2.05, 4.69) is 5.32 Å². The van der Waals surface area contributed by atoms with Crippen LogP contribution in [0.3, 0.4) is 0 Å². The van der Waals surface area contributed by atoms with Gasteiger partial charge in [0.2, 0.25) is 11.8 Å². The smallest absolute Gasteiger partial charge is 0.340 e. The summed E-state index contributed by atoms with van der Waals surface area (Å²) in [7, 11) is 0. The monoisotopic (exact) mass is 546 g/mol. The Morgan fingerprint density at radius 2 is 1.51 bits per heavy atom. The molecule has 0 aliphatic carbocycles. The Labute approximate surface area is 236 Å². The fourth-order valence-electron chi connectivity index (χ4n) is 5.44. The lowest BCUT2D eigenvalue weighted by atomic mass is 9.80. The molecule has 4 aromatic carbocycles. The van der Waals surface area contributed by atoms with Crippen LogP contribution in [-0.2, 0) is 14.3 Å². The molecule has 0 saturated heterocycles. The van der Waals surface area contributed by atoms with Crippen LogP contribution in [0.5, 0.6) is 5.75 Å². The molecule has 0 saturated carbocycles. The van der Waals surface area contributed by atoms with Gasteiger partial charge in [-0.3, -0.25) is 24.6 Å². The first-order valence-electron chi connectivity index (χ1n) is 13.4. The molecule has 0 radical (unpaired) electrons. The fourth-order valence-corrected chi connectivity index (χ4v) is 5.44. The van der Waals surface area contributed by atoms with Gasteiger partial charge in [-0.25, -0.2) is 4.79 Å². The molecule has 3 amide bonds. The first-order chi connectivity index (χ1) is 20.0. The quantitative estimate of drug-likeness (QED) is 0.260. The van der Waals surface area contributed by atoms with Crippen LogP contribution in [0.25, 0.3) is 10.8 Å². The Morgan fingerprint density at radius 3 is 2.22 bits per heavy atom. The molecular weight excluding hydrogens is 520 g/mol. The summed E-state index contributed by atoms with van der Waals surface area (Å²) in [5.74, 6) is -2.14. The average Bonchev–Trinajstić information content (AvgIpc) is 3.24. The number of rotatable bonds is 7. The highest BCUT2D eigenvalue weighted by molar-refractivity contribution is 6.21. The molecule has 1 N–H and O–H groups in total. The Bertz CT molecular complexity index is 1710. The van der Waals surface area contributed by atoms with E-state index in [1.54, 1.807) is 31.2 Å². The van der Waals surface area contributed by atoms with Gasteiger partial charge in [-0.15, -0.1) is 0 Å². The second-order valence-electron chi connectivity index (χ2n) is 9.71. The molecule has 0 aromatic heterocycles. The predicted molar refractivity (Wildman–Crippen MR) is 151 cm³/mol. The molecule has 2 aliphatic rings. The highest BCUT2D eigenvalue weighted by Crippen LogP contribution is 2.46. The van der Waals surface area contributed by atoms with Gasteiger partial charge in [-0.05, 0) is 41.5 Å². The first-order valence-corrected chi connectivity index (χ1v) is 13.4. The van der Waals surface area contributed by atoms with Crippen LogP contribution in [0.2, 0.25) is 0 Å². The van der Waals surface area contributed by atoms with Crippen molar-refractivity contribution in [2.45, 2.75) is 19.3 Å². The largest absolute Gasteiger partial charge is 0.462 e. The van der Waals surface area contributed by atoms with E-state index in [1.165, 1.54) is 0 Å². The summed E-state index contributed by atoms with van der Waals surface area (Å²) in [6.07, 6.45) is -0.186. The Morgan fingerprint density at radius 1 is 0.854 bits per heavy atom. The van der Waals surface area contributed by atoms with Gasteiger partial charge >= 0.3 is 5.97 Å². The van der Waals surface area contributed by atoms with Crippen LogP contribution in [0.4, 0.5) is 0 Å². The molecule has 4 aromatic rings. The summed E-state index contributed by atoms with van der Waals surface area (Å²) in [4.78, 5) is 53.3. The average molecular weight is 547 g/mol. The third kappa shape index (κ3) is 4.63. The van der Waals surface area contributed by atoms with Gasteiger partial charge in [-0.2, -0.15) is 0 Å². The minimum absolute atomic E-state index is 0.0348. The van der Waals surface area contributed by atoms with Crippen molar-refractivity contribution in [3.63, 3.8) is 0 Å². The van der Waals surface area contributed by atoms with E-state index >= 15 is 0 Å². The van der Waals surface area contributed by atoms with E-state index in [1.807, 2.05) is 66.7 Å². The number of hydrogen-bond acceptors (Lipinski definition) is 6. The summed E-state index contributed by atoms with van der Waals surface area (Å²) in [5.41, 5.74) is 2.41. The number of nitrogens with zero attached hydrogens (tertiary/aromatic N) is 1. The topological polar surface area (TPSA) is 102 Å². The SMILES string of the molecule is CCOC(=O)C1=C(NC(=O)CCN2C(=O)c3ccccc3C2=O)Oc2ccc3ccccc3c2C1c1ccccc1. The summed E-state index contributed by atoms with van der Waals surface area (Å²) < 4.78 is 11.7. The molecule has 1 atom stereocenters. The van der Waals surface area contributed by atoms with E-state index in [0.717, 1.165) is 26.8 Å². The zero-order valence-corrected chi connectivity index (χ0v) is 22.3. The van der Waals surface area contributed by atoms with E-state index in [4.69, 9.17) is 9.47 Å².